The molecule has 1 aromatic heterocycles. The molecule has 0 bridgehead atoms. The van der Waals surface area contributed by atoms with Crippen LogP contribution in [-0.2, 0) is 27.2 Å². The number of amides is 3. The normalized spacial score (nSPS) is 14.4. The van der Waals surface area contributed by atoms with Crippen molar-refractivity contribution in [3.63, 3.8) is 0 Å². The zero-order valence-corrected chi connectivity index (χ0v) is 31.6. The third-order valence-corrected chi connectivity index (χ3v) is 11.2. The van der Waals surface area contributed by atoms with Crippen LogP contribution in [0.5, 0.6) is 0 Å². The Morgan fingerprint density at radius 3 is 2.35 bits per heavy atom. The van der Waals surface area contributed by atoms with Gasteiger partial charge in [0.05, 0.1) is 18.4 Å². The van der Waals surface area contributed by atoms with Crippen LogP contribution in [-0.4, -0.2) is 36.6 Å². The highest BCUT2D eigenvalue weighted by Crippen LogP contribution is 2.44. The average Bonchev–Trinajstić information content (AvgIpc) is 3.47. The van der Waals surface area contributed by atoms with Crippen molar-refractivity contribution in [3.05, 3.63) is 117 Å². The lowest BCUT2D eigenvalue weighted by Gasteiger charge is -2.33. The van der Waals surface area contributed by atoms with Gasteiger partial charge in [0.1, 0.15) is 10.7 Å². The number of thiophene rings is 1. The van der Waals surface area contributed by atoms with Gasteiger partial charge in [-0.05, 0) is 89.6 Å². The van der Waals surface area contributed by atoms with Crippen molar-refractivity contribution >= 4 is 63.6 Å². The summed E-state index contributed by atoms with van der Waals surface area (Å²) in [5, 5.41) is 9.19. The highest BCUT2D eigenvalue weighted by molar-refractivity contribution is 8.00. The van der Waals surface area contributed by atoms with E-state index in [-0.39, 0.29) is 22.8 Å². The minimum Gasteiger partial charge on any atom is -0.465 e. The van der Waals surface area contributed by atoms with Crippen molar-refractivity contribution in [1.29, 1.82) is 0 Å². The minimum absolute atomic E-state index is 0.0902. The molecular weight excluding hydrogens is 679 g/mol. The molecule has 266 valence electrons. The van der Waals surface area contributed by atoms with E-state index in [4.69, 9.17) is 4.74 Å². The summed E-state index contributed by atoms with van der Waals surface area (Å²) in [5.74, 6) is -0.629. The molecule has 0 spiro atoms. The first kappa shape index (κ1) is 37.6. The smallest absolute Gasteiger partial charge is 0.341 e. The van der Waals surface area contributed by atoms with Crippen molar-refractivity contribution in [2.75, 3.05) is 23.5 Å². The standard InChI is InChI=1S/C41H45N3O5S2/c1-25(2)27-17-15-26(16-18-27)21-33(43-37(46)28-11-8-7-9-12-28)38(47)42-30-13-10-14-31(23-30)50-24-35(45)44-39-36(40(48)49-6)32-20-19-29(41(3,4)5)22-34(32)51-39/h7-18,21,23,25,29H,19-20,22,24H2,1-6H3,(H,42,47)(H,43,46)(H,44,45)/b33-21+. The highest BCUT2D eigenvalue weighted by Gasteiger charge is 2.34. The number of hydrogen-bond acceptors (Lipinski definition) is 7. The third kappa shape index (κ3) is 9.77. The van der Waals surface area contributed by atoms with E-state index in [1.54, 1.807) is 48.5 Å². The van der Waals surface area contributed by atoms with Crippen molar-refractivity contribution in [2.24, 2.45) is 11.3 Å². The molecule has 1 atom stereocenters. The van der Waals surface area contributed by atoms with Crippen molar-refractivity contribution < 1.29 is 23.9 Å². The van der Waals surface area contributed by atoms with Crippen LogP contribution in [0.4, 0.5) is 10.7 Å². The largest absolute Gasteiger partial charge is 0.465 e. The van der Waals surface area contributed by atoms with E-state index in [1.807, 2.05) is 36.4 Å². The van der Waals surface area contributed by atoms with Crippen LogP contribution in [0.15, 0.2) is 89.5 Å². The average molecular weight is 724 g/mol. The summed E-state index contributed by atoms with van der Waals surface area (Å²) in [7, 11) is 1.36. The molecule has 1 aliphatic carbocycles. The number of fused-ring (bicyclic) bond motifs is 1. The second kappa shape index (κ2) is 16.6. The van der Waals surface area contributed by atoms with Crippen LogP contribution in [0.1, 0.15) is 89.2 Å². The van der Waals surface area contributed by atoms with Crippen molar-refractivity contribution in [3.8, 4) is 0 Å². The van der Waals surface area contributed by atoms with Gasteiger partial charge in [-0.15, -0.1) is 23.1 Å². The molecule has 1 aliphatic rings. The predicted octanol–water partition coefficient (Wildman–Crippen LogP) is 8.95. The lowest BCUT2D eigenvalue weighted by Crippen LogP contribution is -2.30. The summed E-state index contributed by atoms with van der Waals surface area (Å²) >= 11 is 2.78. The first-order chi connectivity index (χ1) is 24.3. The monoisotopic (exact) mass is 723 g/mol. The molecular formula is C41H45N3O5S2. The number of methoxy groups -OCH3 is 1. The van der Waals surface area contributed by atoms with E-state index in [0.717, 1.165) is 40.2 Å². The van der Waals surface area contributed by atoms with E-state index in [9.17, 15) is 19.2 Å². The van der Waals surface area contributed by atoms with Crippen LogP contribution >= 0.6 is 23.1 Å². The SMILES string of the molecule is COC(=O)c1c(NC(=O)CSc2cccc(NC(=O)/C(=C\c3ccc(C(C)C)cc3)NC(=O)c3ccccc3)c2)sc2c1CCC(C(C)(C)C)C2. The number of benzene rings is 3. The molecule has 3 amide bonds. The third-order valence-electron chi connectivity index (χ3n) is 9.04. The van der Waals surface area contributed by atoms with E-state index in [1.165, 1.54) is 35.8 Å². The molecule has 0 fully saturated rings. The number of thioether (sulfide) groups is 1. The van der Waals surface area contributed by atoms with E-state index in [2.05, 4.69) is 50.6 Å². The number of esters is 1. The van der Waals surface area contributed by atoms with Gasteiger partial charge in [0.25, 0.3) is 11.8 Å². The van der Waals surface area contributed by atoms with Gasteiger partial charge in [0.15, 0.2) is 0 Å². The number of nitrogens with one attached hydrogen (secondary N) is 3. The molecule has 0 saturated heterocycles. The van der Waals surface area contributed by atoms with Gasteiger partial charge >= 0.3 is 5.97 Å². The summed E-state index contributed by atoms with van der Waals surface area (Å²) in [6.45, 7) is 10.9. The predicted molar refractivity (Wildman–Crippen MR) is 207 cm³/mol. The zero-order chi connectivity index (χ0) is 36.7. The van der Waals surface area contributed by atoms with Gasteiger partial charge in [0.2, 0.25) is 5.91 Å². The number of hydrogen-bond donors (Lipinski definition) is 3. The van der Waals surface area contributed by atoms with Crippen molar-refractivity contribution in [2.45, 2.75) is 64.7 Å². The Hall–Kier alpha value is -4.67. The quantitative estimate of drug-likeness (QED) is 0.0809. The molecule has 0 radical (unpaired) electrons. The maximum Gasteiger partial charge on any atom is 0.341 e. The van der Waals surface area contributed by atoms with E-state index < -0.39 is 17.8 Å². The Balaban J connectivity index is 1.27. The molecule has 5 rings (SSSR count). The van der Waals surface area contributed by atoms with Crippen LogP contribution < -0.4 is 16.0 Å². The molecule has 0 saturated carbocycles. The van der Waals surface area contributed by atoms with E-state index in [0.29, 0.717) is 33.7 Å². The fourth-order valence-corrected chi connectivity index (χ4v) is 8.08. The first-order valence-electron chi connectivity index (χ1n) is 17.1. The topological polar surface area (TPSA) is 114 Å². The Morgan fingerprint density at radius 1 is 0.961 bits per heavy atom. The molecule has 51 heavy (non-hydrogen) atoms. The Kier molecular flexibility index (Phi) is 12.2. The van der Waals surface area contributed by atoms with Gasteiger partial charge in [-0.1, -0.05) is 83.1 Å². The summed E-state index contributed by atoms with van der Waals surface area (Å²) in [4.78, 5) is 54.6. The van der Waals surface area contributed by atoms with Gasteiger partial charge in [-0.2, -0.15) is 0 Å². The summed E-state index contributed by atoms with van der Waals surface area (Å²) in [5.41, 5.74) is 4.56. The maximum absolute atomic E-state index is 13.6. The molecule has 1 unspecified atom stereocenters. The van der Waals surface area contributed by atoms with Crippen LogP contribution in [0.3, 0.4) is 0 Å². The summed E-state index contributed by atoms with van der Waals surface area (Å²) in [6, 6.07) is 23.7. The number of ether oxygens (including phenoxy) is 1. The maximum atomic E-state index is 13.6. The zero-order valence-electron chi connectivity index (χ0n) is 29.9. The molecule has 10 heteroatoms. The second-order valence-electron chi connectivity index (χ2n) is 14.0. The van der Waals surface area contributed by atoms with Gasteiger partial charge < -0.3 is 20.7 Å². The molecule has 8 nitrogen and oxygen atoms in total. The van der Waals surface area contributed by atoms with Gasteiger partial charge in [0, 0.05) is 21.0 Å². The molecule has 3 aromatic carbocycles. The van der Waals surface area contributed by atoms with Crippen LogP contribution in [0.25, 0.3) is 6.08 Å². The van der Waals surface area contributed by atoms with Crippen LogP contribution in [0.2, 0.25) is 0 Å². The number of carbonyl (C=O) groups excluding carboxylic acids is 4. The minimum atomic E-state index is -0.488. The molecule has 0 aliphatic heterocycles. The summed E-state index contributed by atoms with van der Waals surface area (Å²) < 4.78 is 5.11. The Bertz CT molecular complexity index is 1920. The molecule has 3 N–H and O–H groups in total. The van der Waals surface area contributed by atoms with Crippen LogP contribution in [0, 0.1) is 11.3 Å². The molecule has 1 heterocycles. The van der Waals surface area contributed by atoms with Gasteiger partial charge in [-0.25, -0.2) is 4.79 Å². The lowest BCUT2D eigenvalue weighted by molar-refractivity contribution is -0.114. The number of rotatable bonds is 11. The lowest BCUT2D eigenvalue weighted by atomic mass is 9.72. The fourth-order valence-electron chi connectivity index (χ4n) is 5.99. The summed E-state index contributed by atoms with van der Waals surface area (Å²) in [6.07, 6.45) is 4.28. The number of carbonyl (C=O) groups is 4. The fraction of sp³-hybridized carbons (Fsp3) is 0.317. The Morgan fingerprint density at radius 2 is 1.69 bits per heavy atom. The second-order valence-corrected chi connectivity index (χ2v) is 16.2. The molecule has 4 aromatic rings. The Labute approximate surface area is 308 Å². The van der Waals surface area contributed by atoms with Crippen molar-refractivity contribution in [1.82, 2.24) is 5.32 Å². The van der Waals surface area contributed by atoms with Gasteiger partial charge in [-0.3, -0.25) is 14.4 Å². The first-order valence-corrected chi connectivity index (χ1v) is 18.9. The highest BCUT2D eigenvalue weighted by atomic mass is 32.2. The number of anilines is 2. The van der Waals surface area contributed by atoms with E-state index >= 15 is 0 Å².